The molecule has 0 radical (unpaired) electrons. The van der Waals surface area contributed by atoms with Crippen LogP contribution in [0.15, 0.2) is 36.9 Å². The maximum atomic E-state index is 12.5. The minimum absolute atomic E-state index is 0.308. The molecule has 1 unspecified atom stereocenters. The van der Waals surface area contributed by atoms with Gasteiger partial charge in [0.25, 0.3) is 0 Å². The molecule has 0 saturated heterocycles. The summed E-state index contributed by atoms with van der Waals surface area (Å²) in [6, 6.07) is 8.06. The summed E-state index contributed by atoms with van der Waals surface area (Å²) >= 11 is 0. The van der Waals surface area contributed by atoms with Crippen molar-refractivity contribution in [1.82, 2.24) is 4.57 Å². The van der Waals surface area contributed by atoms with E-state index in [4.69, 9.17) is 4.74 Å². The molecule has 1 atom stereocenters. The summed E-state index contributed by atoms with van der Waals surface area (Å²) in [6.07, 6.45) is 8.39. The van der Waals surface area contributed by atoms with E-state index in [1.165, 1.54) is 38.4 Å². The van der Waals surface area contributed by atoms with Crippen LogP contribution in [0.1, 0.15) is 63.1 Å². The molecule has 0 aliphatic rings. The van der Waals surface area contributed by atoms with Crippen LogP contribution in [0.4, 0.5) is 4.79 Å². The molecule has 1 aromatic carbocycles. The van der Waals surface area contributed by atoms with Gasteiger partial charge < -0.3 is 4.74 Å². The molecule has 0 aliphatic heterocycles. The lowest BCUT2D eigenvalue weighted by Crippen LogP contribution is -2.16. The van der Waals surface area contributed by atoms with Crippen molar-refractivity contribution in [3.8, 4) is 0 Å². The van der Waals surface area contributed by atoms with Gasteiger partial charge in [-0.05, 0) is 30.4 Å². The fourth-order valence-corrected chi connectivity index (χ4v) is 3.51. The molecule has 3 nitrogen and oxygen atoms in total. The zero-order chi connectivity index (χ0) is 17.5. The van der Waals surface area contributed by atoms with E-state index in [1.54, 1.807) is 4.57 Å². The van der Waals surface area contributed by atoms with Gasteiger partial charge in [0.15, 0.2) is 0 Å². The summed E-state index contributed by atoms with van der Waals surface area (Å²) in [7, 11) is 1.44. The third kappa shape index (κ3) is 3.72. The average molecular weight is 327 g/mol. The van der Waals surface area contributed by atoms with Crippen molar-refractivity contribution in [1.29, 1.82) is 0 Å². The van der Waals surface area contributed by atoms with Gasteiger partial charge in [-0.15, -0.1) is 6.58 Å². The van der Waals surface area contributed by atoms with Crippen LogP contribution in [-0.4, -0.2) is 17.8 Å². The Morgan fingerprint density at radius 2 is 2.04 bits per heavy atom. The minimum Gasteiger partial charge on any atom is -0.452 e. The third-order valence-corrected chi connectivity index (χ3v) is 4.68. The van der Waals surface area contributed by atoms with Gasteiger partial charge in [0, 0.05) is 11.1 Å². The monoisotopic (exact) mass is 327 g/mol. The molecule has 130 valence electrons. The lowest BCUT2D eigenvalue weighted by atomic mass is 9.94. The summed E-state index contributed by atoms with van der Waals surface area (Å²) < 4.78 is 6.83. The summed E-state index contributed by atoms with van der Waals surface area (Å²) in [5.74, 6) is 0.309. The topological polar surface area (TPSA) is 31.2 Å². The van der Waals surface area contributed by atoms with Crippen molar-refractivity contribution in [2.45, 2.75) is 58.3 Å². The Bertz CT molecular complexity index is 699. The molecule has 0 bridgehead atoms. The van der Waals surface area contributed by atoms with Crippen molar-refractivity contribution < 1.29 is 9.53 Å². The SMILES string of the molecule is C=CCc1c(C(C)CCCCCC)n(C(=O)OC)c2ccccc12. The highest BCUT2D eigenvalue weighted by Gasteiger charge is 2.24. The van der Waals surface area contributed by atoms with Gasteiger partial charge in [0.05, 0.1) is 12.6 Å². The van der Waals surface area contributed by atoms with Crippen LogP contribution in [-0.2, 0) is 11.2 Å². The number of ether oxygens (including phenoxy) is 1. The summed E-state index contributed by atoms with van der Waals surface area (Å²) in [6.45, 7) is 8.34. The predicted octanol–water partition coefficient (Wildman–Crippen LogP) is 6.06. The Balaban J connectivity index is 2.49. The van der Waals surface area contributed by atoms with E-state index >= 15 is 0 Å². The molecule has 0 amide bonds. The number of fused-ring (bicyclic) bond motifs is 1. The molecule has 0 N–H and O–H groups in total. The highest BCUT2D eigenvalue weighted by Crippen LogP contribution is 2.34. The Kier molecular flexibility index (Phi) is 6.65. The van der Waals surface area contributed by atoms with E-state index in [9.17, 15) is 4.79 Å². The second-order valence-corrected chi connectivity index (χ2v) is 6.43. The van der Waals surface area contributed by atoms with Crippen LogP contribution in [0.25, 0.3) is 10.9 Å². The third-order valence-electron chi connectivity index (χ3n) is 4.68. The van der Waals surface area contributed by atoms with Gasteiger partial charge in [-0.1, -0.05) is 63.8 Å². The number of hydrogen-bond donors (Lipinski definition) is 0. The van der Waals surface area contributed by atoms with Gasteiger partial charge in [0.2, 0.25) is 0 Å². The number of methoxy groups -OCH3 is 1. The zero-order valence-electron chi connectivity index (χ0n) is 15.2. The van der Waals surface area contributed by atoms with Gasteiger partial charge >= 0.3 is 6.09 Å². The molecule has 0 saturated carbocycles. The first-order chi connectivity index (χ1) is 11.7. The average Bonchev–Trinajstić information content (AvgIpc) is 2.93. The van der Waals surface area contributed by atoms with Crippen molar-refractivity contribution >= 4 is 17.0 Å². The molecule has 3 heteroatoms. The molecule has 1 heterocycles. The zero-order valence-corrected chi connectivity index (χ0v) is 15.2. The number of unbranched alkanes of at least 4 members (excludes halogenated alkanes) is 3. The van der Waals surface area contributed by atoms with Crippen molar-refractivity contribution in [2.24, 2.45) is 0 Å². The quantitative estimate of drug-likeness (QED) is 0.436. The van der Waals surface area contributed by atoms with E-state index in [1.807, 2.05) is 24.3 Å². The molecule has 0 aliphatic carbocycles. The number of nitrogens with zero attached hydrogens (tertiary/aromatic N) is 1. The molecule has 2 rings (SSSR count). The molecule has 0 fully saturated rings. The highest BCUT2D eigenvalue weighted by atomic mass is 16.5. The van der Waals surface area contributed by atoms with E-state index in [0.29, 0.717) is 5.92 Å². The maximum Gasteiger partial charge on any atom is 0.418 e. The van der Waals surface area contributed by atoms with E-state index in [0.717, 1.165) is 29.4 Å². The van der Waals surface area contributed by atoms with Crippen LogP contribution < -0.4 is 0 Å². The first kappa shape index (κ1) is 18.3. The fraction of sp³-hybridized carbons (Fsp3) is 0.476. The normalized spacial score (nSPS) is 12.3. The molecule has 1 aromatic heterocycles. The smallest absolute Gasteiger partial charge is 0.418 e. The Labute approximate surface area is 145 Å². The number of allylic oxidation sites excluding steroid dienone is 1. The van der Waals surface area contributed by atoms with Gasteiger partial charge in [-0.2, -0.15) is 0 Å². The Morgan fingerprint density at radius 3 is 2.71 bits per heavy atom. The predicted molar refractivity (Wildman–Crippen MR) is 101 cm³/mol. The number of para-hydroxylation sites is 1. The van der Waals surface area contributed by atoms with Crippen LogP contribution in [0.3, 0.4) is 0 Å². The number of rotatable bonds is 8. The summed E-state index contributed by atoms with van der Waals surface area (Å²) in [5.41, 5.74) is 3.21. The second kappa shape index (κ2) is 8.72. The molecule has 0 spiro atoms. The summed E-state index contributed by atoms with van der Waals surface area (Å²) in [4.78, 5) is 12.5. The second-order valence-electron chi connectivity index (χ2n) is 6.43. The number of carbonyl (C=O) groups excluding carboxylic acids is 1. The van der Waals surface area contributed by atoms with Gasteiger partial charge in [0.1, 0.15) is 0 Å². The molecule has 24 heavy (non-hydrogen) atoms. The fourth-order valence-electron chi connectivity index (χ4n) is 3.51. The highest BCUT2D eigenvalue weighted by molar-refractivity contribution is 5.94. The standard InChI is InChI=1S/C21H29NO2/c1-5-7-8-9-13-16(3)20-18(12-6-2)17-14-10-11-15-19(17)22(20)21(23)24-4/h6,10-11,14-16H,2,5,7-9,12-13H2,1,3-4H3. The van der Waals surface area contributed by atoms with Crippen LogP contribution in [0.2, 0.25) is 0 Å². The molecular formula is C21H29NO2. The van der Waals surface area contributed by atoms with Crippen molar-refractivity contribution in [2.75, 3.05) is 7.11 Å². The molecular weight excluding hydrogens is 298 g/mol. The Hall–Kier alpha value is -2.03. The summed E-state index contributed by atoms with van der Waals surface area (Å²) in [5, 5.41) is 1.12. The first-order valence-corrected chi connectivity index (χ1v) is 8.97. The number of aromatic nitrogens is 1. The Morgan fingerprint density at radius 1 is 1.29 bits per heavy atom. The number of hydrogen-bond acceptors (Lipinski definition) is 2. The number of carbonyl (C=O) groups is 1. The van der Waals surface area contributed by atoms with E-state index < -0.39 is 0 Å². The van der Waals surface area contributed by atoms with Crippen LogP contribution >= 0.6 is 0 Å². The first-order valence-electron chi connectivity index (χ1n) is 8.97. The largest absolute Gasteiger partial charge is 0.452 e. The molecule has 2 aromatic rings. The van der Waals surface area contributed by atoms with Crippen LogP contribution in [0, 0.1) is 0 Å². The van der Waals surface area contributed by atoms with E-state index in [2.05, 4.69) is 26.5 Å². The van der Waals surface area contributed by atoms with Gasteiger partial charge in [-0.3, -0.25) is 0 Å². The minimum atomic E-state index is -0.308. The van der Waals surface area contributed by atoms with Crippen LogP contribution in [0.5, 0.6) is 0 Å². The number of benzene rings is 1. The van der Waals surface area contributed by atoms with Gasteiger partial charge in [-0.25, -0.2) is 9.36 Å². The van der Waals surface area contributed by atoms with Crippen molar-refractivity contribution in [3.63, 3.8) is 0 Å². The lowest BCUT2D eigenvalue weighted by molar-refractivity contribution is 0.173. The van der Waals surface area contributed by atoms with Crippen molar-refractivity contribution in [3.05, 3.63) is 48.2 Å². The van der Waals surface area contributed by atoms with E-state index in [-0.39, 0.29) is 6.09 Å². The lowest BCUT2D eigenvalue weighted by Gasteiger charge is -2.16. The maximum absolute atomic E-state index is 12.5.